The van der Waals surface area contributed by atoms with Crippen LogP contribution in [0.2, 0.25) is 0 Å². The zero-order valence-electron chi connectivity index (χ0n) is 28.5. The zero-order valence-corrected chi connectivity index (χ0v) is 30.1. The fourth-order valence-corrected chi connectivity index (χ4v) is 8.81. The molecule has 2 saturated heterocycles. The van der Waals surface area contributed by atoms with Crippen molar-refractivity contribution < 1.29 is 33.8 Å². The van der Waals surface area contributed by atoms with E-state index >= 15 is 4.79 Å². The van der Waals surface area contributed by atoms with Crippen LogP contribution in [-0.2, 0) is 28.7 Å². The SMILES string of the molecule is Cc1cccc(C)c1N1C/C=C\CCC(=O)N[C@@H](C)[C@H](c2ccccc2)OC(=O)[C@H]2[C@@H]3O[C@@]4(C=C3Br)[C@@H]2C(=O)N([C@@H](CO)C(C)C)[C@@H]4C1=O. The highest BCUT2D eigenvalue weighted by Crippen LogP contribution is 2.59. The Hall–Kier alpha value is -3.80. The highest BCUT2D eigenvalue weighted by molar-refractivity contribution is 9.11. The van der Waals surface area contributed by atoms with E-state index in [9.17, 15) is 19.5 Å². The largest absolute Gasteiger partial charge is 0.455 e. The van der Waals surface area contributed by atoms with E-state index in [1.807, 2.05) is 88.4 Å². The molecule has 0 saturated carbocycles. The number of likely N-dealkylation sites (tertiary alicyclic amines) is 1. The van der Waals surface area contributed by atoms with Gasteiger partial charge in [-0.05, 0) is 55.9 Å². The maximum Gasteiger partial charge on any atom is 0.313 e. The van der Waals surface area contributed by atoms with E-state index in [0.29, 0.717) is 22.2 Å². The summed E-state index contributed by atoms with van der Waals surface area (Å²) < 4.78 is 13.5. The molecule has 10 nitrogen and oxygen atoms in total. The van der Waals surface area contributed by atoms with Crippen LogP contribution in [0.4, 0.5) is 5.69 Å². The average Bonchev–Trinajstić information content (AvgIpc) is 3.65. The summed E-state index contributed by atoms with van der Waals surface area (Å²) in [5.74, 6) is -4.09. The molecule has 2 fully saturated rings. The number of cyclic esters (lactones) is 1. The number of halogens is 1. The number of rotatable bonds is 5. The molecule has 4 aliphatic heterocycles. The van der Waals surface area contributed by atoms with Crippen molar-refractivity contribution in [3.8, 4) is 0 Å². The standard InChI is InChI=1S/C38H44BrN3O7/c1-21(2)27(20-43)42-34-36(46)41(31-22(3)13-12-14-23(31)4)18-11-7-10-17-28(44)40-24(5)32(25-15-8-6-9-16-25)48-37(47)29-30(35(42)45)38(34)19-26(39)33(29)49-38/h6-9,11-16,19,21,24,27,29-30,32-34,43H,10,17-18,20H2,1-5H3,(H,40,44)/b11-7-/t24-,27-,29+,30-,32+,33+,34+,38-/m0/s1. The van der Waals surface area contributed by atoms with Crippen molar-refractivity contribution in [1.82, 2.24) is 10.2 Å². The molecule has 6 rings (SSSR count). The highest BCUT2D eigenvalue weighted by atomic mass is 79.9. The fourth-order valence-electron chi connectivity index (χ4n) is 8.07. The summed E-state index contributed by atoms with van der Waals surface area (Å²) in [5.41, 5.74) is 1.63. The van der Waals surface area contributed by atoms with Crippen molar-refractivity contribution >= 4 is 45.3 Å². The quantitative estimate of drug-likeness (QED) is 0.338. The first-order valence-electron chi connectivity index (χ1n) is 17.0. The molecule has 3 amide bonds. The van der Waals surface area contributed by atoms with Crippen LogP contribution in [0.5, 0.6) is 0 Å². The number of carbonyl (C=O) groups is 4. The van der Waals surface area contributed by atoms with E-state index in [1.165, 1.54) is 4.90 Å². The first-order chi connectivity index (χ1) is 23.4. The van der Waals surface area contributed by atoms with E-state index in [0.717, 1.165) is 11.1 Å². The first-order valence-corrected chi connectivity index (χ1v) is 17.8. The summed E-state index contributed by atoms with van der Waals surface area (Å²) >= 11 is 3.62. The van der Waals surface area contributed by atoms with E-state index in [2.05, 4.69) is 21.2 Å². The molecule has 11 heteroatoms. The van der Waals surface area contributed by atoms with E-state index in [4.69, 9.17) is 9.47 Å². The third-order valence-corrected chi connectivity index (χ3v) is 11.0. The number of aliphatic hydroxyl groups excluding tert-OH is 1. The molecule has 2 N–H and O–H groups in total. The summed E-state index contributed by atoms with van der Waals surface area (Å²) in [7, 11) is 0. The number of hydrogen-bond acceptors (Lipinski definition) is 7. The lowest BCUT2D eigenvalue weighted by atomic mass is 9.74. The number of benzene rings is 2. The van der Waals surface area contributed by atoms with Gasteiger partial charge in [0.25, 0.3) is 5.91 Å². The normalized spacial score (nSPS) is 31.8. The van der Waals surface area contributed by atoms with Crippen LogP contribution >= 0.6 is 15.9 Å². The van der Waals surface area contributed by atoms with Gasteiger partial charge in [0.1, 0.15) is 29.8 Å². The Balaban J connectivity index is 1.53. The number of aryl methyl sites for hydroxylation is 2. The second kappa shape index (κ2) is 13.8. The molecule has 1 spiro atoms. The van der Waals surface area contributed by atoms with Gasteiger partial charge >= 0.3 is 5.97 Å². The van der Waals surface area contributed by atoms with E-state index in [-0.39, 0.29) is 37.3 Å². The van der Waals surface area contributed by atoms with Gasteiger partial charge in [-0.3, -0.25) is 19.2 Å². The Labute approximate surface area is 295 Å². The molecule has 260 valence electrons. The van der Waals surface area contributed by atoms with Gasteiger partial charge in [0.15, 0.2) is 0 Å². The number of esters is 1. The lowest BCUT2D eigenvalue weighted by molar-refractivity contribution is -0.162. The minimum absolute atomic E-state index is 0.170. The lowest BCUT2D eigenvalue weighted by Gasteiger charge is -2.40. The summed E-state index contributed by atoms with van der Waals surface area (Å²) in [6.45, 7) is 9.22. The van der Waals surface area contributed by atoms with Crippen LogP contribution in [0.3, 0.4) is 0 Å². The molecule has 0 aliphatic carbocycles. The third kappa shape index (κ3) is 6.04. The summed E-state index contributed by atoms with van der Waals surface area (Å²) in [6, 6.07) is 12.5. The van der Waals surface area contributed by atoms with Crippen molar-refractivity contribution in [3.63, 3.8) is 0 Å². The van der Waals surface area contributed by atoms with Gasteiger partial charge in [0.2, 0.25) is 11.8 Å². The Bertz CT molecular complexity index is 1670. The number of hydrogen-bond donors (Lipinski definition) is 2. The van der Waals surface area contributed by atoms with Crippen molar-refractivity contribution in [2.75, 3.05) is 18.1 Å². The zero-order chi connectivity index (χ0) is 35.2. The number of nitrogens with zero attached hydrogens (tertiary/aromatic N) is 2. The van der Waals surface area contributed by atoms with Gasteiger partial charge in [0, 0.05) is 23.1 Å². The van der Waals surface area contributed by atoms with Crippen LogP contribution in [0.15, 0.2) is 71.2 Å². The number of carbonyl (C=O) groups excluding carboxylic acids is 4. The Morgan fingerprint density at radius 1 is 0.980 bits per heavy atom. The van der Waals surface area contributed by atoms with Gasteiger partial charge in [-0.1, -0.05) is 90.5 Å². The third-order valence-electron chi connectivity index (χ3n) is 10.4. The second-order valence-electron chi connectivity index (χ2n) is 13.9. The van der Waals surface area contributed by atoms with Crippen LogP contribution in [0.1, 0.15) is 56.4 Å². The van der Waals surface area contributed by atoms with Crippen LogP contribution < -0.4 is 10.2 Å². The Morgan fingerprint density at radius 2 is 1.67 bits per heavy atom. The number of anilines is 1. The molecule has 0 radical (unpaired) electrons. The van der Waals surface area contributed by atoms with E-state index < -0.39 is 59.6 Å². The number of fused-ring (bicyclic) bond motifs is 2. The lowest BCUT2D eigenvalue weighted by Crippen LogP contribution is -2.59. The molecule has 0 aromatic heterocycles. The summed E-state index contributed by atoms with van der Waals surface area (Å²) in [4.78, 5) is 60.7. The molecule has 5 bridgehead atoms. The Morgan fingerprint density at radius 3 is 2.33 bits per heavy atom. The van der Waals surface area contributed by atoms with Crippen LogP contribution in [0.25, 0.3) is 0 Å². The van der Waals surface area contributed by atoms with Crippen molar-refractivity contribution in [1.29, 1.82) is 0 Å². The average molecular weight is 735 g/mol. The molecule has 4 heterocycles. The van der Waals surface area contributed by atoms with Gasteiger partial charge < -0.3 is 29.7 Å². The fraction of sp³-hybridized carbons (Fsp3) is 0.474. The summed E-state index contributed by atoms with van der Waals surface area (Å²) in [5, 5.41) is 13.7. The van der Waals surface area contributed by atoms with Gasteiger partial charge in [0.05, 0.1) is 24.6 Å². The topological polar surface area (TPSA) is 125 Å². The van der Waals surface area contributed by atoms with Gasteiger partial charge in [-0.15, -0.1) is 0 Å². The van der Waals surface area contributed by atoms with Gasteiger partial charge in [-0.2, -0.15) is 0 Å². The predicted molar refractivity (Wildman–Crippen MR) is 187 cm³/mol. The molecule has 0 unspecified atom stereocenters. The van der Waals surface area contributed by atoms with Crippen molar-refractivity contribution in [2.24, 2.45) is 17.8 Å². The van der Waals surface area contributed by atoms with Crippen LogP contribution in [-0.4, -0.2) is 76.7 Å². The smallest absolute Gasteiger partial charge is 0.313 e. The molecule has 8 atom stereocenters. The highest BCUT2D eigenvalue weighted by Gasteiger charge is 2.75. The molecular formula is C38H44BrN3O7. The molecule has 4 aliphatic rings. The number of aliphatic hydroxyl groups is 1. The minimum atomic E-state index is -1.50. The molecular weight excluding hydrogens is 690 g/mol. The molecule has 49 heavy (non-hydrogen) atoms. The maximum absolute atomic E-state index is 15.3. The Kier molecular flexibility index (Phi) is 9.90. The van der Waals surface area contributed by atoms with E-state index in [1.54, 1.807) is 17.9 Å². The first kappa shape index (κ1) is 35.0. The number of ether oxygens (including phenoxy) is 2. The van der Waals surface area contributed by atoms with Gasteiger partial charge in [-0.25, -0.2) is 0 Å². The number of nitrogens with one attached hydrogen (secondary N) is 1. The van der Waals surface area contributed by atoms with Crippen molar-refractivity contribution in [3.05, 3.63) is 87.9 Å². The number of amides is 3. The maximum atomic E-state index is 15.3. The number of para-hydroxylation sites is 1. The minimum Gasteiger partial charge on any atom is -0.455 e. The number of allylic oxidation sites excluding steroid dienone is 1. The second-order valence-corrected chi connectivity index (χ2v) is 14.8. The van der Waals surface area contributed by atoms with Crippen LogP contribution in [0, 0.1) is 31.6 Å². The van der Waals surface area contributed by atoms with Crippen molar-refractivity contribution in [2.45, 2.75) is 83.4 Å². The molecule has 2 aromatic rings. The predicted octanol–water partition coefficient (Wildman–Crippen LogP) is 4.67. The monoisotopic (exact) mass is 733 g/mol. The molecule has 2 aromatic carbocycles. The summed E-state index contributed by atoms with van der Waals surface area (Å²) in [6.07, 6.45) is 4.41.